The molecule has 0 fully saturated rings. The fourth-order valence-electron chi connectivity index (χ4n) is 1.47. The second-order valence-electron chi connectivity index (χ2n) is 3.79. The van der Waals surface area contributed by atoms with Crippen molar-refractivity contribution < 1.29 is 0 Å². The number of aryl methyl sites for hydroxylation is 2. The number of anilines is 2. The van der Waals surface area contributed by atoms with Gasteiger partial charge in [-0.1, -0.05) is 17.7 Å². The molecular weight excluding hydrogens is 220 g/mol. The molecule has 82 valence electrons. The molecule has 1 aromatic carbocycles. The molecule has 0 spiro atoms. The number of hydrogen-bond acceptors (Lipinski definition) is 2. The Balaban J connectivity index is 2.24. The molecule has 1 aromatic heterocycles. The third kappa shape index (κ3) is 2.52. The van der Waals surface area contributed by atoms with E-state index in [1.54, 1.807) is 12.3 Å². The number of aromatic nitrogens is 1. The van der Waals surface area contributed by atoms with Crippen LogP contribution in [0.15, 0.2) is 36.5 Å². The average molecular weight is 233 g/mol. The van der Waals surface area contributed by atoms with Gasteiger partial charge in [-0.3, -0.25) is 0 Å². The van der Waals surface area contributed by atoms with Gasteiger partial charge >= 0.3 is 0 Å². The minimum absolute atomic E-state index is 0.494. The number of halogens is 1. The van der Waals surface area contributed by atoms with Gasteiger partial charge in [0.15, 0.2) is 0 Å². The van der Waals surface area contributed by atoms with Gasteiger partial charge in [-0.15, -0.1) is 0 Å². The maximum Gasteiger partial charge on any atom is 0.131 e. The number of benzene rings is 1. The summed E-state index contributed by atoms with van der Waals surface area (Å²) in [6.07, 6.45) is 1.69. The van der Waals surface area contributed by atoms with E-state index in [9.17, 15) is 0 Å². The molecule has 0 aliphatic rings. The predicted octanol–water partition coefficient (Wildman–Crippen LogP) is 4.10. The largest absolute Gasteiger partial charge is 0.355 e. The first-order valence-corrected chi connectivity index (χ1v) is 5.49. The van der Waals surface area contributed by atoms with Crippen LogP contribution in [0.25, 0.3) is 0 Å². The summed E-state index contributed by atoms with van der Waals surface area (Å²) in [5.74, 6) is 0. The van der Waals surface area contributed by atoms with E-state index >= 15 is 0 Å². The summed E-state index contributed by atoms with van der Waals surface area (Å²) in [5, 5.41) is 3.78. The van der Waals surface area contributed by atoms with Crippen LogP contribution in [0, 0.1) is 13.8 Å². The Hall–Kier alpha value is -1.54. The van der Waals surface area contributed by atoms with E-state index in [1.807, 2.05) is 6.07 Å². The van der Waals surface area contributed by atoms with Crippen LogP contribution in [0.5, 0.6) is 0 Å². The van der Waals surface area contributed by atoms with E-state index < -0.39 is 0 Å². The Kier molecular flexibility index (Phi) is 3.11. The van der Waals surface area contributed by atoms with Crippen LogP contribution in [0.2, 0.25) is 5.15 Å². The van der Waals surface area contributed by atoms with Crippen LogP contribution in [0.4, 0.5) is 11.4 Å². The molecule has 1 heterocycles. The molecule has 0 amide bonds. The highest BCUT2D eigenvalue weighted by molar-refractivity contribution is 6.29. The van der Waals surface area contributed by atoms with E-state index in [4.69, 9.17) is 11.6 Å². The van der Waals surface area contributed by atoms with Crippen LogP contribution in [-0.2, 0) is 0 Å². The van der Waals surface area contributed by atoms with Crippen molar-refractivity contribution in [3.8, 4) is 0 Å². The number of rotatable bonds is 2. The van der Waals surface area contributed by atoms with Crippen molar-refractivity contribution in [3.05, 3.63) is 52.8 Å². The van der Waals surface area contributed by atoms with Crippen LogP contribution in [0.1, 0.15) is 11.1 Å². The minimum atomic E-state index is 0.494. The van der Waals surface area contributed by atoms with Crippen molar-refractivity contribution in [1.82, 2.24) is 4.98 Å². The maximum absolute atomic E-state index is 5.82. The number of nitrogens with one attached hydrogen (secondary N) is 1. The highest BCUT2D eigenvalue weighted by atomic mass is 35.5. The molecule has 2 rings (SSSR count). The molecule has 0 bridgehead atoms. The van der Waals surface area contributed by atoms with E-state index in [1.165, 1.54) is 11.1 Å². The lowest BCUT2D eigenvalue weighted by atomic mass is 10.1. The molecule has 1 N–H and O–H groups in total. The quantitative estimate of drug-likeness (QED) is 0.789. The van der Waals surface area contributed by atoms with Crippen molar-refractivity contribution in [2.24, 2.45) is 0 Å². The second-order valence-corrected chi connectivity index (χ2v) is 4.18. The maximum atomic E-state index is 5.82. The van der Waals surface area contributed by atoms with Crippen molar-refractivity contribution in [1.29, 1.82) is 0 Å². The summed E-state index contributed by atoms with van der Waals surface area (Å²) in [7, 11) is 0. The van der Waals surface area contributed by atoms with Crippen molar-refractivity contribution in [2.45, 2.75) is 13.8 Å². The van der Waals surface area contributed by atoms with Gasteiger partial charge in [0.2, 0.25) is 0 Å². The Morgan fingerprint density at radius 2 is 1.75 bits per heavy atom. The van der Waals surface area contributed by atoms with Crippen molar-refractivity contribution >= 4 is 23.0 Å². The van der Waals surface area contributed by atoms with E-state index in [0.717, 1.165) is 11.4 Å². The summed E-state index contributed by atoms with van der Waals surface area (Å²) >= 11 is 5.82. The lowest BCUT2D eigenvalue weighted by Crippen LogP contribution is -1.92. The highest BCUT2D eigenvalue weighted by Gasteiger charge is 1.98. The third-order valence-electron chi connectivity index (χ3n) is 2.52. The molecule has 3 heteroatoms. The molecule has 0 aliphatic heterocycles. The zero-order valence-electron chi connectivity index (χ0n) is 9.29. The lowest BCUT2D eigenvalue weighted by Gasteiger charge is -2.08. The van der Waals surface area contributed by atoms with Crippen molar-refractivity contribution in [2.75, 3.05) is 5.32 Å². The predicted molar refractivity (Wildman–Crippen MR) is 68.4 cm³/mol. The topological polar surface area (TPSA) is 24.9 Å². The Morgan fingerprint density at radius 1 is 1.00 bits per heavy atom. The number of pyridine rings is 1. The zero-order valence-corrected chi connectivity index (χ0v) is 10.0. The molecule has 0 unspecified atom stereocenters. The van der Waals surface area contributed by atoms with Crippen LogP contribution < -0.4 is 5.32 Å². The first kappa shape index (κ1) is 11.0. The van der Waals surface area contributed by atoms with Crippen molar-refractivity contribution in [3.63, 3.8) is 0 Å². The van der Waals surface area contributed by atoms with Gasteiger partial charge in [0.05, 0.1) is 0 Å². The summed E-state index contributed by atoms with van der Waals surface area (Å²) in [6.45, 7) is 4.20. The van der Waals surface area contributed by atoms with Gasteiger partial charge in [-0.25, -0.2) is 4.98 Å². The fourth-order valence-corrected chi connectivity index (χ4v) is 1.64. The normalized spacial score (nSPS) is 10.2. The summed E-state index contributed by atoms with van der Waals surface area (Å²) in [6, 6.07) is 9.96. The molecule has 2 nitrogen and oxygen atoms in total. The fraction of sp³-hybridized carbons (Fsp3) is 0.154. The van der Waals surface area contributed by atoms with Gasteiger partial charge in [0.1, 0.15) is 5.15 Å². The van der Waals surface area contributed by atoms with Crippen LogP contribution in [-0.4, -0.2) is 4.98 Å². The van der Waals surface area contributed by atoms with E-state index in [-0.39, 0.29) is 0 Å². The average Bonchev–Trinajstić information content (AvgIpc) is 2.24. The number of nitrogens with zero attached hydrogens (tertiary/aromatic N) is 1. The SMILES string of the molecule is Cc1ccc(Nc2ccnc(Cl)c2)cc1C. The first-order valence-electron chi connectivity index (χ1n) is 5.11. The zero-order chi connectivity index (χ0) is 11.5. The molecule has 16 heavy (non-hydrogen) atoms. The molecule has 0 saturated heterocycles. The molecule has 0 saturated carbocycles. The van der Waals surface area contributed by atoms with Gasteiger partial charge in [-0.2, -0.15) is 0 Å². The summed E-state index contributed by atoms with van der Waals surface area (Å²) in [4.78, 5) is 3.94. The lowest BCUT2D eigenvalue weighted by molar-refractivity contribution is 1.31. The Labute approximate surface area is 100 Å². The summed E-state index contributed by atoms with van der Waals surface area (Å²) < 4.78 is 0. The van der Waals surface area contributed by atoms with E-state index in [0.29, 0.717) is 5.15 Å². The standard InChI is InChI=1S/C13H13ClN2/c1-9-3-4-11(7-10(9)2)16-12-5-6-15-13(14)8-12/h3-8H,1-2H3,(H,15,16). The Bertz CT molecular complexity index is 509. The van der Waals surface area contributed by atoms with E-state index in [2.05, 4.69) is 42.3 Å². The monoisotopic (exact) mass is 232 g/mol. The van der Waals surface area contributed by atoms with Gasteiger partial charge in [0, 0.05) is 17.6 Å². The highest BCUT2D eigenvalue weighted by Crippen LogP contribution is 2.20. The molecule has 0 atom stereocenters. The molecule has 2 aromatic rings. The Morgan fingerprint density at radius 3 is 2.44 bits per heavy atom. The summed E-state index contributed by atoms with van der Waals surface area (Å²) in [5.41, 5.74) is 4.57. The molecule has 0 aliphatic carbocycles. The van der Waals surface area contributed by atoms with Gasteiger partial charge in [0.25, 0.3) is 0 Å². The minimum Gasteiger partial charge on any atom is -0.355 e. The van der Waals surface area contributed by atoms with Gasteiger partial charge in [-0.05, 0) is 49.2 Å². The van der Waals surface area contributed by atoms with Crippen LogP contribution >= 0.6 is 11.6 Å². The molecule has 0 radical (unpaired) electrons. The smallest absolute Gasteiger partial charge is 0.131 e. The first-order chi connectivity index (χ1) is 7.65. The van der Waals surface area contributed by atoms with Gasteiger partial charge < -0.3 is 5.32 Å². The third-order valence-corrected chi connectivity index (χ3v) is 2.73. The van der Waals surface area contributed by atoms with Crippen LogP contribution in [0.3, 0.4) is 0 Å². The molecular formula is C13H13ClN2. The number of hydrogen-bond donors (Lipinski definition) is 1. The second kappa shape index (κ2) is 4.54.